The number of hydrogen-bond donors (Lipinski definition) is 1. The summed E-state index contributed by atoms with van der Waals surface area (Å²) in [5, 5.41) is 3.16. The molecule has 1 aliphatic rings. The Bertz CT molecular complexity index is 430. The third-order valence-corrected chi connectivity index (χ3v) is 4.38. The van der Waals surface area contributed by atoms with Gasteiger partial charge in [0.05, 0.1) is 6.04 Å². The van der Waals surface area contributed by atoms with Gasteiger partial charge in [-0.05, 0) is 43.8 Å². The fourth-order valence-electron chi connectivity index (χ4n) is 3.11. The van der Waals surface area contributed by atoms with Crippen molar-refractivity contribution in [2.45, 2.75) is 51.5 Å². The molecule has 2 unspecified atom stereocenters. The summed E-state index contributed by atoms with van der Waals surface area (Å²) in [7, 11) is 0. The SMILES string of the molecule is CCCN1CCCCC1C(=O)NCC(C)c1ccccc1. The van der Waals surface area contributed by atoms with Gasteiger partial charge < -0.3 is 5.32 Å². The Morgan fingerprint density at radius 3 is 2.81 bits per heavy atom. The largest absolute Gasteiger partial charge is 0.354 e. The molecule has 0 spiro atoms. The molecule has 1 N–H and O–H groups in total. The Kier molecular flexibility index (Phi) is 6.24. The van der Waals surface area contributed by atoms with E-state index in [2.05, 4.69) is 48.3 Å². The van der Waals surface area contributed by atoms with Crippen molar-refractivity contribution in [1.82, 2.24) is 10.2 Å². The first-order valence-corrected chi connectivity index (χ1v) is 8.29. The monoisotopic (exact) mass is 288 g/mol. The fraction of sp³-hybridized carbons (Fsp3) is 0.611. The lowest BCUT2D eigenvalue weighted by atomic mass is 9.99. The molecule has 0 aliphatic carbocycles. The van der Waals surface area contributed by atoms with Gasteiger partial charge >= 0.3 is 0 Å². The number of benzene rings is 1. The van der Waals surface area contributed by atoms with E-state index < -0.39 is 0 Å². The van der Waals surface area contributed by atoms with Crippen molar-refractivity contribution in [3.63, 3.8) is 0 Å². The van der Waals surface area contributed by atoms with E-state index in [1.165, 1.54) is 18.4 Å². The second-order valence-electron chi connectivity index (χ2n) is 6.10. The van der Waals surface area contributed by atoms with Crippen molar-refractivity contribution in [2.75, 3.05) is 19.6 Å². The lowest BCUT2D eigenvalue weighted by Crippen LogP contribution is -2.50. The molecule has 0 radical (unpaired) electrons. The van der Waals surface area contributed by atoms with E-state index in [-0.39, 0.29) is 11.9 Å². The standard InChI is InChI=1S/C18H28N2O/c1-3-12-20-13-8-7-11-17(20)18(21)19-14-15(2)16-9-5-4-6-10-16/h4-6,9-10,15,17H,3,7-8,11-14H2,1-2H3,(H,19,21). The zero-order valence-electron chi connectivity index (χ0n) is 13.3. The summed E-state index contributed by atoms with van der Waals surface area (Å²) in [6.07, 6.45) is 4.52. The van der Waals surface area contributed by atoms with E-state index in [0.717, 1.165) is 32.5 Å². The van der Waals surface area contributed by atoms with Crippen molar-refractivity contribution in [3.8, 4) is 0 Å². The Balaban J connectivity index is 1.85. The van der Waals surface area contributed by atoms with Crippen molar-refractivity contribution in [3.05, 3.63) is 35.9 Å². The quantitative estimate of drug-likeness (QED) is 0.872. The van der Waals surface area contributed by atoms with Crippen LogP contribution in [0.3, 0.4) is 0 Å². The van der Waals surface area contributed by atoms with Crippen LogP contribution in [0.2, 0.25) is 0 Å². The number of piperidine rings is 1. The van der Waals surface area contributed by atoms with Crippen LogP contribution in [0.25, 0.3) is 0 Å². The van der Waals surface area contributed by atoms with Crippen LogP contribution >= 0.6 is 0 Å². The molecule has 3 heteroatoms. The first-order chi connectivity index (χ1) is 10.2. The molecule has 1 aromatic carbocycles. The van der Waals surface area contributed by atoms with E-state index in [0.29, 0.717) is 5.92 Å². The van der Waals surface area contributed by atoms with E-state index in [9.17, 15) is 4.79 Å². The van der Waals surface area contributed by atoms with Gasteiger partial charge in [0.25, 0.3) is 0 Å². The first kappa shape index (κ1) is 16.0. The molecular formula is C18H28N2O. The molecule has 0 aromatic heterocycles. The number of carbonyl (C=O) groups is 1. The van der Waals surface area contributed by atoms with Crippen molar-refractivity contribution >= 4 is 5.91 Å². The molecule has 3 nitrogen and oxygen atoms in total. The molecule has 0 saturated carbocycles. The predicted molar refractivity (Wildman–Crippen MR) is 87.4 cm³/mol. The maximum atomic E-state index is 12.5. The summed E-state index contributed by atoms with van der Waals surface area (Å²) in [4.78, 5) is 14.8. The van der Waals surface area contributed by atoms with Gasteiger partial charge in [-0.25, -0.2) is 0 Å². The lowest BCUT2D eigenvalue weighted by Gasteiger charge is -2.34. The number of likely N-dealkylation sites (tertiary alicyclic amines) is 1. The Labute approximate surface area is 128 Å². The molecule has 1 saturated heterocycles. The minimum Gasteiger partial charge on any atom is -0.354 e. The Morgan fingerprint density at radius 1 is 1.33 bits per heavy atom. The van der Waals surface area contributed by atoms with Crippen LogP contribution in [0.5, 0.6) is 0 Å². The van der Waals surface area contributed by atoms with Crippen LogP contribution in [0.4, 0.5) is 0 Å². The first-order valence-electron chi connectivity index (χ1n) is 8.29. The topological polar surface area (TPSA) is 32.3 Å². The van der Waals surface area contributed by atoms with Gasteiger partial charge in [-0.3, -0.25) is 9.69 Å². The van der Waals surface area contributed by atoms with Crippen molar-refractivity contribution in [1.29, 1.82) is 0 Å². The van der Waals surface area contributed by atoms with E-state index in [1.807, 2.05) is 6.07 Å². The number of nitrogens with one attached hydrogen (secondary N) is 1. The minimum absolute atomic E-state index is 0.0849. The summed E-state index contributed by atoms with van der Waals surface area (Å²) in [5.41, 5.74) is 1.28. The third-order valence-electron chi connectivity index (χ3n) is 4.38. The number of amides is 1. The zero-order valence-corrected chi connectivity index (χ0v) is 13.3. The zero-order chi connectivity index (χ0) is 15.1. The second kappa shape index (κ2) is 8.18. The summed E-state index contributed by atoms with van der Waals surface area (Å²) >= 11 is 0. The lowest BCUT2D eigenvalue weighted by molar-refractivity contribution is -0.127. The highest BCUT2D eigenvalue weighted by atomic mass is 16.2. The Morgan fingerprint density at radius 2 is 2.10 bits per heavy atom. The normalized spacial score (nSPS) is 21.0. The second-order valence-corrected chi connectivity index (χ2v) is 6.10. The third kappa shape index (κ3) is 4.57. The number of carbonyl (C=O) groups excluding carboxylic acids is 1. The number of rotatable bonds is 6. The molecule has 21 heavy (non-hydrogen) atoms. The van der Waals surface area contributed by atoms with Gasteiger partial charge in [-0.1, -0.05) is 50.6 Å². The molecular weight excluding hydrogens is 260 g/mol. The molecule has 1 amide bonds. The molecule has 2 atom stereocenters. The van der Waals surface area contributed by atoms with Crippen LogP contribution in [0.15, 0.2) is 30.3 Å². The van der Waals surface area contributed by atoms with Crippen molar-refractivity contribution in [2.24, 2.45) is 0 Å². The van der Waals surface area contributed by atoms with Gasteiger partial charge in [-0.15, -0.1) is 0 Å². The molecule has 0 bridgehead atoms. The highest BCUT2D eigenvalue weighted by Gasteiger charge is 2.27. The van der Waals surface area contributed by atoms with E-state index >= 15 is 0 Å². The van der Waals surface area contributed by atoms with Gasteiger partial charge in [0, 0.05) is 6.54 Å². The molecule has 2 rings (SSSR count). The molecule has 1 aliphatic heterocycles. The van der Waals surface area contributed by atoms with Crippen LogP contribution in [0, 0.1) is 0 Å². The highest BCUT2D eigenvalue weighted by molar-refractivity contribution is 5.81. The van der Waals surface area contributed by atoms with Crippen LogP contribution in [-0.4, -0.2) is 36.5 Å². The molecule has 116 valence electrons. The maximum Gasteiger partial charge on any atom is 0.237 e. The van der Waals surface area contributed by atoms with Gasteiger partial charge in [0.1, 0.15) is 0 Å². The van der Waals surface area contributed by atoms with Gasteiger partial charge in [-0.2, -0.15) is 0 Å². The smallest absolute Gasteiger partial charge is 0.237 e. The molecule has 1 heterocycles. The van der Waals surface area contributed by atoms with Crippen LogP contribution in [-0.2, 0) is 4.79 Å². The van der Waals surface area contributed by atoms with Crippen LogP contribution in [0.1, 0.15) is 51.0 Å². The van der Waals surface area contributed by atoms with Gasteiger partial charge in [0.15, 0.2) is 0 Å². The van der Waals surface area contributed by atoms with Crippen molar-refractivity contribution < 1.29 is 4.79 Å². The average Bonchev–Trinajstić information content (AvgIpc) is 2.54. The average molecular weight is 288 g/mol. The maximum absolute atomic E-state index is 12.5. The summed E-state index contributed by atoms with van der Waals surface area (Å²) in [6, 6.07) is 10.5. The van der Waals surface area contributed by atoms with Gasteiger partial charge in [0.2, 0.25) is 5.91 Å². The van der Waals surface area contributed by atoms with E-state index in [1.54, 1.807) is 0 Å². The summed E-state index contributed by atoms with van der Waals surface area (Å²) < 4.78 is 0. The Hall–Kier alpha value is -1.35. The molecule has 1 aromatic rings. The summed E-state index contributed by atoms with van der Waals surface area (Å²) in [5.74, 6) is 0.573. The van der Waals surface area contributed by atoms with Crippen LogP contribution < -0.4 is 5.32 Å². The summed E-state index contributed by atoms with van der Waals surface area (Å²) in [6.45, 7) is 7.17. The predicted octanol–water partition coefficient (Wildman–Crippen LogP) is 3.17. The fourth-order valence-corrected chi connectivity index (χ4v) is 3.11. The minimum atomic E-state index is 0.0849. The highest BCUT2D eigenvalue weighted by Crippen LogP contribution is 2.18. The molecule has 1 fully saturated rings. The number of nitrogens with zero attached hydrogens (tertiary/aromatic N) is 1. The number of hydrogen-bond acceptors (Lipinski definition) is 2. The van der Waals surface area contributed by atoms with E-state index in [4.69, 9.17) is 0 Å².